The molecule has 10 nitrogen and oxygen atoms in total. The number of hydrogen-bond donors (Lipinski definition) is 0. The van der Waals surface area contributed by atoms with E-state index in [0.717, 1.165) is 28.0 Å². The fourth-order valence-electron chi connectivity index (χ4n) is 4.32. The Morgan fingerprint density at radius 2 is 1.67 bits per heavy atom. The first kappa shape index (κ1) is 20.8. The lowest BCUT2D eigenvalue weighted by molar-refractivity contribution is 0.171. The summed E-state index contributed by atoms with van der Waals surface area (Å²) in [6.45, 7) is 1.07. The number of rotatable bonds is 4. The Morgan fingerprint density at radius 1 is 0.806 bits per heavy atom. The first-order chi connectivity index (χ1) is 17.6. The van der Waals surface area contributed by atoms with Crippen LogP contribution in [0.5, 0.6) is 11.5 Å². The Balaban J connectivity index is 1.30. The lowest BCUT2D eigenvalue weighted by Gasteiger charge is -2.19. The highest BCUT2D eigenvalue weighted by Gasteiger charge is 2.19. The fourth-order valence-corrected chi connectivity index (χ4v) is 5.41. The summed E-state index contributed by atoms with van der Waals surface area (Å²) < 4.78 is 30.2. The fraction of sp³-hybridized carbons (Fsp3) is 0.120. The number of benzene rings is 1. The first-order valence-electron chi connectivity index (χ1n) is 11.3. The molecule has 1 unspecified atom stereocenters. The molecule has 0 amide bonds. The molecule has 6 aromatic rings. The Labute approximate surface area is 207 Å². The molecule has 1 aromatic carbocycles. The van der Waals surface area contributed by atoms with Crippen molar-refractivity contribution in [1.29, 1.82) is 0 Å². The van der Waals surface area contributed by atoms with Crippen LogP contribution in [-0.4, -0.2) is 50.8 Å². The molecule has 1 aliphatic rings. The second kappa shape index (κ2) is 8.02. The smallest absolute Gasteiger partial charge is 0.193 e. The third kappa shape index (κ3) is 3.35. The van der Waals surface area contributed by atoms with E-state index < -0.39 is 11.0 Å². The van der Waals surface area contributed by atoms with Gasteiger partial charge in [-0.2, -0.15) is 14.3 Å². The van der Waals surface area contributed by atoms with Gasteiger partial charge >= 0.3 is 0 Å². The molecule has 0 N–H and O–H groups in total. The molecule has 0 spiro atoms. The molecule has 1 aliphatic heterocycles. The van der Waals surface area contributed by atoms with E-state index in [0.29, 0.717) is 40.7 Å². The van der Waals surface area contributed by atoms with Crippen LogP contribution in [0.3, 0.4) is 0 Å². The molecule has 11 heteroatoms. The standard InChI is InChI=1S/C25H19N7O3S/c1-30-14-19(11-28-30)18-8-21-20(26-10-18)12-29-32(21)36(33)25-13-27-24-5-3-17(15-31(24)25)16-2-4-22-23(9-16)35-7-6-34-22/h2-5,8-15H,6-7H2,1H3. The Kier molecular flexibility index (Phi) is 4.64. The van der Waals surface area contributed by atoms with E-state index >= 15 is 0 Å². The average Bonchev–Trinajstić information content (AvgIpc) is 3.65. The van der Waals surface area contributed by atoms with Gasteiger partial charge in [0, 0.05) is 36.8 Å². The largest absolute Gasteiger partial charge is 0.486 e. The van der Waals surface area contributed by atoms with Crippen LogP contribution in [0.2, 0.25) is 0 Å². The summed E-state index contributed by atoms with van der Waals surface area (Å²) in [6.07, 6.45) is 10.6. The van der Waals surface area contributed by atoms with Gasteiger partial charge in [-0.1, -0.05) is 6.07 Å². The second-order valence-corrected chi connectivity index (χ2v) is 9.66. The third-order valence-corrected chi connectivity index (χ3v) is 7.37. The lowest BCUT2D eigenvalue weighted by atomic mass is 10.1. The number of ether oxygens (including phenoxy) is 2. The zero-order chi connectivity index (χ0) is 24.2. The number of pyridine rings is 2. The van der Waals surface area contributed by atoms with Crippen LogP contribution >= 0.6 is 0 Å². The van der Waals surface area contributed by atoms with Gasteiger partial charge in [0.15, 0.2) is 27.5 Å². The van der Waals surface area contributed by atoms with Crippen LogP contribution < -0.4 is 9.47 Å². The van der Waals surface area contributed by atoms with Crippen LogP contribution in [0, 0.1) is 0 Å². The van der Waals surface area contributed by atoms with E-state index in [9.17, 15) is 4.21 Å². The van der Waals surface area contributed by atoms with Gasteiger partial charge < -0.3 is 9.47 Å². The second-order valence-electron chi connectivity index (χ2n) is 8.40. The monoisotopic (exact) mass is 497 g/mol. The quantitative estimate of drug-likeness (QED) is 0.367. The molecule has 0 fully saturated rings. The van der Waals surface area contributed by atoms with E-state index in [1.54, 1.807) is 29.5 Å². The first-order valence-corrected chi connectivity index (χ1v) is 12.4. The van der Waals surface area contributed by atoms with Crippen LogP contribution in [-0.2, 0) is 18.0 Å². The van der Waals surface area contributed by atoms with Crippen molar-refractivity contribution in [2.45, 2.75) is 5.03 Å². The minimum atomic E-state index is -1.66. The highest BCUT2D eigenvalue weighted by atomic mass is 32.2. The highest BCUT2D eigenvalue weighted by molar-refractivity contribution is 7.83. The SMILES string of the molecule is Cn1cc(-c2cnc3cnn(S(=O)c4cnc5ccc(-c6ccc7c(c6)OCCO7)cn45)c3c2)cn1. The molecule has 0 bridgehead atoms. The van der Waals surface area contributed by atoms with Gasteiger partial charge in [0.05, 0.1) is 18.6 Å². The molecule has 36 heavy (non-hydrogen) atoms. The van der Waals surface area contributed by atoms with Crippen molar-refractivity contribution < 1.29 is 13.7 Å². The van der Waals surface area contributed by atoms with Gasteiger partial charge in [-0.15, -0.1) is 0 Å². The highest BCUT2D eigenvalue weighted by Crippen LogP contribution is 2.35. The minimum Gasteiger partial charge on any atom is -0.486 e. The van der Waals surface area contributed by atoms with Crippen LogP contribution in [0.15, 0.2) is 78.6 Å². The average molecular weight is 498 g/mol. The maximum absolute atomic E-state index is 13.8. The summed E-state index contributed by atoms with van der Waals surface area (Å²) >= 11 is 0. The molecule has 5 aromatic heterocycles. The van der Waals surface area contributed by atoms with Crippen molar-refractivity contribution in [3.63, 3.8) is 0 Å². The van der Waals surface area contributed by atoms with Crippen molar-refractivity contribution >= 4 is 27.7 Å². The van der Waals surface area contributed by atoms with E-state index in [1.807, 2.05) is 60.2 Å². The van der Waals surface area contributed by atoms with Crippen LogP contribution in [0.4, 0.5) is 0 Å². The molecule has 0 saturated carbocycles. The number of hydrogen-bond acceptors (Lipinski definition) is 7. The van der Waals surface area contributed by atoms with Crippen molar-refractivity contribution in [2.75, 3.05) is 13.2 Å². The van der Waals surface area contributed by atoms with Crippen LogP contribution in [0.1, 0.15) is 0 Å². The predicted octanol–water partition coefficient (Wildman–Crippen LogP) is 3.49. The van der Waals surface area contributed by atoms with Crippen molar-refractivity contribution in [3.05, 3.63) is 73.6 Å². The van der Waals surface area contributed by atoms with Crippen molar-refractivity contribution in [1.82, 2.24) is 33.3 Å². The molecule has 0 saturated heterocycles. The number of fused-ring (bicyclic) bond motifs is 3. The number of nitrogens with zero attached hydrogens (tertiary/aromatic N) is 7. The van der Waals surface area contributed by atoms with E-state index in [1.165, 1.54) is 4.09 Å². The van der Waals surface area contributed by atoms with Gasteiger partial charge in [0.25, 0.3) is 0 Å². The van der Waals surface area contributed by atoms with E-state index in [4.69, 9.17) is 9.47 Å². The molecular formula is C25H19N7O3S. The summed E-state index contributed by atoms with van der Waals surface area (Å²) in [6, 6.07) is 11.6. The van der Waals surface area contributed by atoms with Gasteiger partial charge in [0.1, 0.15) is 29.9 Å². The number of aromatic nitrogens is 7. The Hall–Kier alpha value is -4.51. The number of imidazole rings is 1. The van der Waals surface area contributed by atoms with E-state index in [-0.39, 0.29) is 0 Å². The summed E-state index contributed by atoms with van der Waals surface area (Å²) in [7, 11) is 0.201. The maximum atomic E-state index is 13.8. The molecule has 1 atom stereocenters. The van der Waals surface area contributed by atoms with Gasteiger partial charge in [-0.3, -0.25) is 14.1 Å². The summed E-state index contributed by atoms with van der Waals surface area (Å²) in [4.78, 5) is 8.96. The summed E-state index contributed by atoms with van der Waals surface area (Å²) in [5.41, 5.74) is 5.68. The zero-order valence-electron chi connectivity index (χ0n) is 19.1. The molecule has 0 radical (unpaired) electrons. The van der Waals surface area contributed by atoms with Gasteiger partial charge in [0.2, 0.25) is 0 Å². The third-order valence-electron chi connectivity index (χ3n) is 6.11. The number of aryl methyl sites for hydroxylation is 1. The van der Waals surface area contributed by atoms with Crippen molar-refractivity contribution in [3.8, 4) is 33.8 Å². The molecular weight excluding hydrogens is 478 g/mol. The molecule has 6 heterocycles. The Bertz CT molecular complexity index is 1800. The normalized spacial score (nSPS) is 13.9. The van der Waals surface area contributed by atoms with Gasteiger partial charge in [-0.25, -0.2) is 9.19 Å². The minimum absolute atomic E-state index is 0.501. The van der Waals surface area contributed by atoms with Gasteiger partial charge in [-0.05, 0) is 41.5 Å². The zero-order valence-corrected chi connectivity index (χ0v) is 19.9. The lowest BCUT2D eigenvalue weighted by Crippen LogP contribution is -2.15. The van der Waals surface area contributed by atoms with Crippen LogP contribution in [0.25, 0.3) is 38.9 Å². The predicted molar refractivity (Wildman–Crippen MR) is 133 cm³/mol. The maximum Gasteiger partial charge on any atom is 0.193 e. The molecule has 7 rings (SSSR count). The van der Waals surface area contributed by atoms with E-state index in [2.05, 4.69) is 20.2 Å². The molecule has 178 valence electrons. The summed E-state index contributed by atoms with van der Waals surface area (Å²) in [5.74, 6) is 1.45. The topological polar surface area (TPSA) is 101 Å². The summed E-state index contributed by atoms with van der Waals surface area (Å²) in [5, 5.41) is 9.12. The Morgan fingerprint density at radius 3 is 2.53 bits per heavy atom. The van der Waals surface area contributed by atoms with Crippen molar-refractivity contribution in [2.24, 2.45) is 7.05 Å². The molecule has 0 aliphatic carbocycles.